The summed E-state index contributed by atoms with van der Waals surface area (Å²) >= 11 is 0. The Bertz CT molecular complexity index is 516. The van der Waals surface area contributed by atoms with E-state index in [2.05, 4.69) is 16.8 Å². The predicted molar refractivity (Wildman–Crippen MR) is 66.6 cm³/mol. The van der Waals surface area contributed by atoms with Gasteiger partial charge in [0.05, 0.1) is 5.69 Å². The molecule has 0 aliphatic heterocycles. The third-order valence-electron chi connectivity index (χ3n) is 2.02. The molecule has 0 unspecified atom stereocenters. The first-order valence-corrected chi connectivity index (χ1v) is 5.09. The number of allylic oxidation sites excluding steroid dienone is 1. The summed E-state index contributed by atoms with van der Waals surface area (Å²) in [6.07, 6.45) is 5.48. The van der Waals surface area contributed by atoms with Crippen LogP contribution in [0.5, 0.6) is 0 Å². The Morgan fingerprint density at radius 1 is 0.938 bits per heavy atom. The topological polar surface area (TPSA) is 12.9 Å². The van der Waals surface area contributed by atoms with E-state index in [1.807, 2.05) is 60.7 Å². The second-order valence-electron chi connectivity index (χ2n) is 3.22. The molecule has 0 aliphatic carbocycles. The standard InChI is InChI=1S/C15H11N/c1-2-8-14(9-3-1)10-4-5-11-15-12-6-7-13-16-15/h1-3,5-9,11-13H/b11-5+. The second-order valence-corrected chi connectivity index (χ2v) is 3.22. The van der Waals surface area contributed by atoms with E-state index in [0.29, 0.717) is 0 Å². The Hall–Kier alpha value is -2.33. The van der Waals surface area contributed by atoms with Gasteiger partial charge in [0.25, 0.3) is 0 Å². The summed E-state index contributed by atoms with van der Waals surface area (Å²) in [7, 11) is 0. The van der Waals surface area contributed by atoms with Gasteiger partial charge in [-0.1, -0.05) is 36.1 Å². The van der Waals surface area contributed by atoms with E-state index in [0.717, 1.165) is 11.3 Å². The van der Waals surface area contributed by atoms with Crippen LogP contribution in [0.3, 0.4) is 0 Å². The Labute approximate surface area is 95.5 Å². The molecule has 0 saturated heterocycles. The van der Waals surface area contributed by atoms with Crippen molar-refractivity contribution >= 4 is 6.08 Å². The molecule has 0 saturated carbocycles. The molecule has 0 spiro atoms. The molecule has 1 heteroatoms. The molecule has 0 atom stereocenters. The van der Waals surface area contributed by atoms with Gasteiger partial charge in [-0.05, 0) is 36.4 Å². The molecule has 2 aromatic rings. The van der Waals surface area contributed by atoms with Crippen molar-refractivity contribution in [2.45, 2.75) is 0 Å². The van der Waals surface area contributed by atoms with Crippen molar-refractivity contribution in [2.75, 3.05) is 0 Å². The van der Waals surface area contributed by atoms with Crippen molar-refractivity contribution in [3.63, 3.8) is 0 Å². The Balaban J connectivity index is 2.03. The molecular formula is C15H11N. The van der Waals surface area contributed by atoms with E-state index in [4.69, 9.17) is 0 Å². The van der Waals surface area contributed by atoms with Crippen LogP contribution in [0.15, 0.2) is 60.8 Å². The third-order valence-corrected chi connectivity index (χ3v) is 2.02. The van der Waals surface area contributed by atoms with E-state index in [1.165, 1.54) is 0 Å². The maximum atomic E-state index is 4.17. The first-order valence-electron chi connectivity index (χ1n) is 5.09. The number of pyridine rings is 1. The minimum absolute atomic E-state index is 0.921. The number of nitrogens with zero attached hydrogens (tertiary/aromatic N) is 1. The van der Waals surface area contributed by atoms with Crippen molar-refractivity contribution in [3.8, 4) is 11.8 Å². The highest BCUT2D eigenvalue weighted by Crippen LogP contribution is 1.97. The van der Waals surface area contributed by atoms with Gasteiger partial charge in [0.1, 0.15) is 0 Å². The molecule has 1 heterocycles. The zero-order valence-corrected chi connectivity index (χ0v) is 8.80. The van der Waals surface area contributed by atoms with Crippen LogP contribution in [0, 0.1) is 11.8 Å². The predicted octanol–water partition coefficient (Wildman–Crippen LogP) is 3.15. The summed E-state index contributed by atoms with van der Waals surface area (Å²) in [4.78, 5) is 4.17. The van der Waals surface area contributed by atoms with E-state index >= 15 is 0 Å². The maximum absolute atomic E-state index is 4.17. The van der Waals surface area contributed by atoms with Gasteiger partial charge in [0, 0.05) is 11.8 Å². The van der Waals surface area contributed by atoms with Crippen molar-refractivity contribution in [1.82, 2.24) is 4.98 Å². The number of benzene rings is 1. The monoisotopic (exact) mass is 205 g/mol. The molecule has 0 bridgehead atoms. The quantitative estimate of drug-likeness (QED) is 0.652. The lowest BCUT2D eigenvalue weighted by atomic mass is 10.2. The smallest absolute Gasteiger partial charge is 0.0635 e. The minimum atomic E-state index is 0.921. The molecular weight excluding hydrogens is 194 g/mol. The molecule has 1 aromatic carbocycles. The zero-order valence-electron chi connectivity index (χ0n) is 8.80. The lowest BCUT2D eigenvalue weighted by molar-refractivity contribution is 1.30. The molecule has 1 aromatic heterocycles. The van der Waals surface area contributed by atoms with Gasteiger partial charge in [0.15, 0.2) is 0 Å². The van der Waals surface area contributed by atoms with Gasteiger partial charge in [-0.2, -0.15) is 0 Å². The van der Waals surface area contributed by atoms with Crippen molar-refractivity contribution in [2.24, 2.45) is 0 Å². The normalized spacial score (nSPS) is 9.75. The van der Waals surface area contributed by atoms with Gasteiger partial charge in [0.2, 0.25) is 0 Å². The van der Waals surface area contributed by atoms with Gasteiger partial charge in [-0.15, -0.1) is 0 Å². The van der Waals surface area contributed by atoms with E-state index in [9.17, 15) is 0 Å². The van der Waals surface area contributed by atoms with Gasteiger partial charge >= 0.3 is 0 Å². The summed E-state index contributed by atoms with van der Waals surface area (Å²) in [5.74, 6) is 6.03. The number of hydrogen-bond acceptors (Lipinski definition) is 1. The average Bonchev–Trinajstić information content (AvgIpc) is 2.37. The van der Waals surface area contributed by atoms with Gasteiger partial charge in [-0.25, -0.2) is 0 Å². The highest BCUT2D eigenvalue weighted by molar-refractivity contribution is 5.50. The van der Waals surface area contributed by atoms with Crippen LogP contribution in [0.2, 0.25) is 0 Å². The molecule has 0 aliphatic rings. The van der Waals surface area contributed by atoms with Crippen molar-refractivity contribution in [3.05, 3.63) is 72.1 Å². The summed E-state index contributed by atoms with van der Waals surface area (Å²) in [6, 6.07) is 15.7. The van der Waals surface area contributed by atoms with Gasteiger partial charge < -0.3 is 0 Å². The summed E-state index contributed by atoms with van der Waals surface area (Å²) < 4.78 is 0. The number of hydrogen-bond donors (Lipinski definition) is 0. The SMILES string of the molecule is C(#Cc1ccccc1)/C=C/c1ccccn1. The lowest BCUT2D eigenvalue weighted by Crippen LogP contribution is -1.75. The van der Waals surface area contributed by atoms with Crippen LogP contribution in [-0.2, 0) is 0 Å². The van der Waals surface area contributed by atoms with Crippen LogP contribution in [0.4, 0.5) is 0 Å². The molecule has 0 N–H and O–H groups in total. The minimum Gasteiger partial charge on any atom is -0.257 e. The Morgan fingerprint density at radius 2 is 1.75 bits per heavy atom. The Morgan fingerprint density at radius 3 is 2.50 bits per heavy atom. The summed E-state index contributed by atoms with van der Waals surface area (Å²) in [5.41, 5.74) is 1.94. The second kappa shape index (κ2) is 5.53. The summed E-state index contributed by atoms with van der Waals surface area (Å²) in [5, 5.41) is 0. The largest absolute Gasteiger partial charge is 0.257 e. The zero-order chi connectivity index (χ0) is 11.1. The van der Waals surface area contributed by atoms with Crippen molar-refractivity contribution < 1.29 is 0 Å². The van der Waals surface area contributed by atoms with Crippen LogP contribution >= 0.6 is 0 Å². The fourth-order valence-corrected chi connectivity index (χ4v) is 1.25. The van der Waals surface area contributed by atoms with E-state index in [1.54, 1.807) is 6.20 Å². The van der Waals surface area contributed by atoms with Gasteiger partial charge in [-0.3, -0.25) is 4.98 Å². The Kier molecular flexibility index (Phi) is 3.52. The highest BCUT2D eigenvalue weighted by Gasteiger charge is 1.82. The fourth-order valence-electron chi connectivity index (χ4n) is 1.25. The van der Waals surface area contributed by atoms with Crippen LogP contribution in [0.25, 0.3) is 6.08 Å². The highest BCUT2D eigenvalue weighted by atomic mass is 14.6. The summed E-state index contributed by atoms with van der Waals surface area (Å²) in [6.45, 7) is 0. The first kappa shape index (κ1) is 10.2. The molecule has 2 rings (SSSR count). The van der Waals surface area contributed by atoms with Crippen LogP contribution in [0.1, 0.15) is 11.3 Å². The first-order chi connectivity index (χ1) is 7.95. The molecule has 0 amide bonds. The maximum Gasteiger partial charge on any atom is 0.0635 e. The van der Waals surface area contributed by atoms with Crippen LogP contribution < -0.4 is 0 Å². The van der Waals surface area contributed by atoms with E-state index in [-0.39, 0.29) is 0 Å². The average molecular weight is 205 g/mol. The number of rotatable bonds is 1. The number of aromatic nitrogens is 1. The third kappa shape index (κ3) is 3.11. The molecule has 0 fully saturated rings. The molecule has 1 nitrogen and oxygen atoms in total. The van der Waals surface area contributed by atoms with Crippen molar-refractivity contribution in [1.29, 1.82) is 0 Å². The van der Waals surface area contributed by atoms with E-state index < -0.39 is 0 Å². The lowest BCUT2D eigenvalue weighted by Gasteiger charge is -1.87. The molecule has 0 radical (unpaired) electrons. The fraction of sp³-hybridized carbons (Fsp3) is 0. The molecule has 16 heavy (non-hydrogen) atoms. The van der Waals surface area contributed by atoms with Crippen LogP contribution in [-0.4, -0.2) is 4.98 Å². The molecule has 76 valence electrons.